The molecule has 0 saturated heterocycles. The van der Waals surface area contributed by atoms with Crippen molar-refractivity contribution in [2.75, 3.05) is 18.9 Å². The second-order valence-electron chi connectivity index (χ2n) is 6.08. The third-order valence-corrected chi connectivity index (χ3v) is 4.60. The van der Waals surface area contributed by atoms with E-state index in [4.69, 9.17) is 10.5 Å². The van der Waals surface area contributed by atoms with Gasteiger partial charge in [-0.05, 0) is 44.9 Å². The Morgan fingerprint density at radius 2 is 2.13 bits per heavy atom. The van der Waals surface area contributed by atoms with Gasteiger partial charge in [-0.25, -0.2) is 0 Å². The lowest BCUT2D eigenvalue weighted by Crippen LogP contribution is -2.29. The highest BCUT2D eigenvalue weighted by molar-refractivity contribution is 8.13. The van der Waals surface area contributed by atoms with Gasteiger partial charge in [-0.2, -0.15) is 0 Å². The van der Waals surface area contributed by atoms with Gasteiger partial charge in [0.1, 0.15) is 0 Å². The van der Waals surface area contributed by atoms with Gasteiger partial charge in [0.2, 0.25) is 0 Å². The molecule has 1 amide bonds. The first-order valence-corrected chi connectivity index (χ1v) is 8.88. The lowest BCUT2D eigenvalue weighted by atomic mass is 9.89. The molecule has 0 spiro atoms. The molecule has 5 nitrogen and oxygen atoms in total. The Kier molecular flexibility index (Phi) is 6.07. The summed E-state index contributed by atoms with van der Waals surface area (Å²) in [6.07, 6.45) is 1.12. The number of nitrogens with zero attached hydrogens (tertiary/aromatic N) is 1. The van der Waals surface area contributed by atoms with Crippen molar-refractivity contribution < 1.29 is 9.53 Å². The highest BCUT2D eigenvalue weighted by Gasteiger charge is 2.29. The molecule has 1 aliphatic rings. The van der Waals surface area contributed by atoms with Crippen molar-refractivity contribution in [1.29, 1.82) is 0 Å². The number of benzene rings is 1. The van der Waals surface area contributed by atoms with Gasteiger partial charge < -0.3 is 15.8 Å². The van der Waals surface area contributed by atoms with Crippen LogP contribution in [0.15, 0.2) is 29.3 Å². The van der Waals surface area contributed by atoms with Crippen LogP contribution >= 0.6 is 11.8 Å². The normalized spacial score (nSPS) is 21.1. The Morgan fingerprint density at radius 3 is 2.74 bits per heavy atom. The van der Waals surface area contributed by atoms with Gasteiger partial charge in [-0.3, -0.25) is 9.79 Å². The zero-order valence-corrected chi connectivity index (χ0v) is 14.8. The third kappa shape index (κ3) is 4.97. The Bertz CT molecular complexity index is 572. The summed E-state index contributed by atoms with van der Waals surface area (Å²) in [6.45, 7) is 7.05. The topological polar surface area (TPSA) is 76.7 Å². The molecule has 1 aromatic rings. The van der Waals surface area contributed by atoms with Crippen molar-refractivity contribution in [2.24, 2.45) is 10.7 Å². The molecule has 0 aliphatic carbocycles. The van der Waals surface area contributed by atoms with Crippen LogP contribution in [-0.4, -0.2) is 36.1 Å². The molecule has 1 aliphatic heterocycles. The number of carbonyl (C=O) groups excluding carboxylic acids is 1. The number of ether oxygens (including phenoxy) is 1. The average molecular weight is 335 g/mol. The second kappa shape index (κ2) is 7.84. The van der Waals surface area contributed by atoms with E-state index in [2.05, 4.69) is 17.2 Å². The van der Waals surface area contributed by atoms with E-state index < -0.39 is 0 Å². The molecule has 0 radical (unpaired) electrons. The number of amides is 1. The molecule has 3 N–H and O–H groups in total. The minimum Gasteiger partial charge on any atom is -0.379 e. The average Bonchev–Trinajstić information content (AvgIpc) is 2.51. The number of rotatable bonds is 6. The van der Waals surface area contributed by atoms with Crippen molar-refractivity contribution >= 4 is 22.8 Å². The maximum absolute atomic E-state index is 12.1. The van der Waals surface area contributed by atoms with Crippen molar-refractivity contribution in [2.45, 2.75) is 38.8 Å². The van der Waals surface area contributed by atoms with E-state index >= 15 is 0 Å². The monoisotopic (exact) mass is 335 g/mol. The minimum absolute atomic E-state index is 0.0868. The smallest absolute Gasteiger partial charge is 0.251 e. The summed E-state index contributed by atoms with van der Waals surface area (Å²) in [6, 6.07) is 7.61. The zero-order chi connectivity index (χ0) is 16.9. The first-order chi connectivity index (χ1) is 10.9. The molecule has 1 aromatic carbocycles. The summed E-state index contributed by atoms with van der Waals surface area (Å²) >= 11 is 1.59. The molecule has 1 heterocycles. The van der Waals surface area contributed by atoms with Gasteiger partial charge in [-0.1, -0.05) is 23.9 Å². The van der Waals surface area contributed by atoms with Crippen LogP contribution in [0.4, 0.5) is 0 Å². The molecular formula is C17H25N3O2S. The van der Waals surface area contributed by atoms with Crippen LogP contribution in [0.3, 0.4) is 0 Å². The largest absolute Gasteiger partial charge is 0.379 e. The van der Waals surface area contributed by atoms with E-state index in [0.717, 1.165) is 17.7 Å². The molecule has 0 bridgehead atoms. The van der Waals surface area contributed by atoms with Gasteiger partial charge in [0.15, 0.2) is 5.17 Å². The van der Waals surface area contributed by atoms with E-state index in [1.807, 2.05) is 38.1 Å². The van der Waals surface area contributed by atoms with Crippen LogP contribution in [0.25, 0.3) is 0 Å². The number of nitrogens with one attached hydrogen (secondary N) is 1. The highest BCUT2D eigenvalue weighted by atomic mass is 32.2. The number of carbonyl (C=O) groups is 1. The van der Waals surface area contributed by atoms with E-state index in [-0.39, 0.29) is 17.6 Å². The fraction of sp³-hybridized carbons (Fsp3) is 0.529. The quantitative estimate of drug-likeness (QED) is 0.783. The molecule has 2 rings (SSSR count). The SMILES string of the molecule is CC(C)OCCNC(=O)c1ccc(C2(C)CCSC(N)=N2)cc1. The Labute approximate surface area is 142 Å². The molecule has 0 saturated carbocycles. The first kappa shape index (κ1) is 17.8. The van der Waals surface area contributed by atoms with Gasteiger partial charge in [0, 0.05) is 17.9 Å². The van der Waals surface area contributed by atoms with Crippen LogP contribution in [0, 0.1) is 0 Å². The molecule has 0 aromatic heterocycles. The van der Waals surface area contributed by atoms with E-state index in [1.165, 1.54) is 0 Å². The molecule has 6 heteroatoms. The summed E-state index contributed by atoms with van der Waals surface area (Å²) in [4.78, 5) is 16.7. The van der Waals surface area contributed by atoms with E-state index in [1.54, 1.807) is 11.8 Å². The number of thioether (sulfide) groups is 1. The standard InChI is InChI=1S/C17H25N3O2S/c1-12(2)22-10-9-19-15(21)13-4-6-14(7-5-13)17(3)8-11-23-16(18)20-17/h4-7,12H,8-11H2,1-3H3,(H2,18,20)(H,19,21). The number of amidine groups is 1. The summed E-state index contributed by atoms with van der Waals surface area (Å²) in [5, 5.41) is 3.49. The maximum atomic E-state index is 12.1. The second-order valence-corrected chi connectivity index (χ2v) is 7.19. The minimum atomic E-state index is -0.296. The number of hydrogen-bond acceptors (Lipinski definition) is 5. The Morgan fingerprint density at radius 1 is 1.43 bits per heavy atom. The fourth-order valence-electron chi connectivity index (χ4n) is 2.44. The lowest BCUT2D eigenvalue weighted by Gasteiger charge is -2.29. The van der Waals surface area contributed by atoms with Crippen LogP contribution in [0.2, 0.25) is 0 Å². The number of nitrogens with two attached hydrogens (primary N) is 1. The van der Waals surface area contributed by atoms with Crippen LogP contribution in [0.5, 0.6) is 0 Å². The predicted molar refractivity (Wildman–Crippen MR) is 95.9 cm³/mol. The summed E-state index contributed by atoms with van der Waals surface area (Å²) in [5.74, 6) is 0.875. The lowest BCUT2D eigenvalue weighted by molar-refractivity contribution is 0.0746. The first-order valence-electron chi connectivity index (χ1n) is 7.89. The third-order valence-electron chi connectivity index (χ3n) is 3.80. The van der Waals surface area contributed by atoms with Crippen molar-refractivity contribution in [3.63, 3.8) is 0 Å². The summed E-state index contributed by atoms with van der Waals surface area (Å²) in [7, 11) is 0. The maximum Gasteiger partial charge on any atom is 0.251 e. The van der Waals surface area contributed by atoms with Crippen molar-refractivity contribution in [3.8, 4) is 0 Å². The van der Waals surface area contributed by atoms with Crippen molar-refractivity contribution in [1.82, 2.24) is 5.32 Å². The molecule has 1 atom stereocenters. The molecule has 23 heavy (non-hydrogen) atoms. The van der Waals surface area contributed by atoms with Crippen molar-refractivity contribution in [3.05, 3.63) is 35.4 Å². The van der Waals surface area contributed by atoms with Gasteiger partial charge in [-0.15, -0.1) is 0 Å². The van der Waals surface area contributed by atoms with Crippen LogP contribution < -0.4 is 11.1 Å². The molecule has 126 valence electrons. The van der Waals surface area contributed by atoms with E-state index in [9.17, 15) is 4.79 Å². The summed E-state index contributed by atoms with van der Waals surface area (Å²) in [5.41, 5.74) is 7.28. The van der Waals surface area contributed by atoms with E-state index in [0.29, 0.717) is 23.9 Å². The van der Waals surface area contributed by atoms with Gasteiger partial charge >= 0.3 is 0 Å². The number of aliphatic imine (C=N–C) groups is 1. The highest BCUT2D eigenvalue weighted by Crippen LogP contribution is 2.34. The Balaban J connectivity index is 1.96. The van der Waals surface area contributed by atoms with Crippen LogP contribution in [0.1, 0.15) is 43.1 Å². The molecule has 1 unspecified atom stereocenters. The van der Waals surface area contributed by atoms with Crippen LogP contribution in [-0.2, 0) is 10.3 Å². The summed E-state index contributed by atoms with van der Waals surface area (Å²) < 4.78 is 5.41. The van der Waals surface area contributed by atoms with Gasteiger partial charge in [0.05, 0.1) is 18.2 Å². The zero-order valence-electron chi connectivity index (χ0n) is 14.0. The fourth-order valence-corrected chi connectivity index (χ4v) is 3.41. The van der Waals surface area contributed by atoms with Gasteiger partial charge in [0.25, 0.3) is 5.91 Å². The molecule has 0 fully saturated rings. The number of hydrogen-bond donors (Lipinski definition) is 2. The Hall–Kier alpha value is -1.53. The molecular weight excluding hydrogens is 310 g/mol. The predicted octanol–water partition coefficient (Wildman–Crippen LogP) is 2.51.